The molecule has 3 amide bonds. The van der Waals surface area contributed by atoms with Crippen LogP contribution in [0.5, 0.6) is 0 Å². The SMILES string of the molecule is O=C1CCC(NC(=O)C2CCCCC2C(F)(F)F)C(=O)N1. The van der Waals surface area contributed by atoms with Gasteiger partial charge in [-0.05, 0) is 19.3 Å². The van der Waals surface area contributed by atoms with Gasteiger partial charge in [0.2, 0.25) is 17.7 Å². The molecule has 0 spiro atoms. The Labute approximate surface area is 119 Å². The molecule has 0 aromatic carbocycles. The van der Waals surface area contributed by atoms with Crippen molar-refractivity contribution in [3.8, 4) is 0 Å². The van der Waals surface area contributed by atoms with Gasteiger partial charge in [0.05, 0.1) is 5.92 Å². The van der Waals surface area contributed by atoms with Crippen LogP contribution in [0.2, 0.25) is 0 Å². The molecule has 118 valence electrons. The molecule has 1 aliphatic carbocycles. The highest BCUT2D eigenvalue weighted by Gasteiger charge is 2.48. The highest BCUT2D eigenvalue weighted by atomic mass is 19.4. The number of hydrogen-bond donors (Lipinski definition) is 2. The third-order valence-corrected chi connectivity index (χ3v) is 4.08. The summed E-state index contributed by atoms with van der Waals surface area (Å²) in [5.74, 6) is -4.63. The smallest absolute Gasteiger partial charge is 0.344 e. The van der Waals surface area contributed by atoms with Crippen LogP contribution in [0, 0.1) is 11.8 Å². The van der Waals surface area contributed by atoms with Gasteiger partial charge in [-0.25, -0.2) is 0 Å². The lowest BCUT2D eigenvalue weighted by molar-refractivity contribution is -0.198. The molecule has 3 atom stereocenters. The molecule has 2 fully saturated rings. The van der Waals surface area contributed by atoms with E-state index in [9.17, 15) is 27.6 Å². The van der Waals surface area contributed by atoms with Gasteiger partial charge in [-0.3, -0.25) is 19.7 Å². The van der Waals surface area contributed by atoms with E-state index in [1.54, 1.807) is 0 Å². The van der Waals surface area contributed by atoms with Gasteiger partial charge in [-0.15, -0.1) is 0 Å². The van der Waals surface area contributed by atoms with Crippen molar-refractivity contribution in [3.05, 3.63) is 0 Å². The fraction of sp³-hybridized carbons (Fsp3) is 0.769. The molecule has 0 bridgehead atoms. The zero-order valence-electron chi connectivity index (χ0n) is 11.3. The van der Waals surface area contributed by atoms with Crippen LogP contribution in [0.4, 0.5) is 13.2 Å². The maximum absolute atomic E-state index is 13.0. The molecule has 0 aromatic heterocycles. The number of alkyl halides is 3. The average Bonchev–Trinajstić information content (AvgIpc) is 2.41. The van der Waals surface area contributed by atoms with E-state index in [4.69, 9.17) is 0 Å². The Morgan fingerprint density at radius 1 is 1.14 bits per heavy atom. The van der Waals surface area contributed by atoms with Crippen LogP contribution in [0.3, 0.4) is 0 Å². The molecule has 2 aliphatic rings. The summed E-state index contributed by atoms with van der Waals surface area (Å²) in [4.78, 5) is 34.6. The van der Waals surface area contributed by atoms with Gasteiger partial charge in [0, 0.05) is 12.3 Å². The number of carbonyl (C=O) groups excluding carboxylic acids is 3. The molecule has 1 saturated carbocycles. The fourth-order valence-electron chi connectivity index (χ4n) is 2.95. The third-order valence-electron chi connectivity index (χ3n) is 4.08. The summed E-state index contributed by atoms with van der Waals surface area (Å²) in [6, 6.07) is -0.925. The zero-order valence-corrected chi connectivity index (χ0v) is 11.3. The lowest BCUT2D eigenvalue weighted by atomic mass is 9.78. The van der Waals surface area contributed by atoms with E-state index in [1.807, 2.05) is 0 Å². The molecule has 8 heteroatoms. The second-order valence-corrected chi connectivity index (χ2v) is 5.55. The van der Waals surface area contributed by atoms with Crippen LogP contribution >= 0.6 is 0 Å². The largest absolute Gasteiger partial charge is 0.392 e. The van der Waals surface area contributed by atoms with E-state index >= 15 is 0 Å². The first-order chi connectivity index (χ1) is 9.79. The minimum Gasteiger partial charge on any atom is -0.344 e. The summed E-state index contributed by atoms with van der Waals surface area (Å²) in [5.41, 5.74) is 0. The first-order valence-corrected chi connectivity index (χ1v) is 7.00. The van der Waals surface area contributed by atoms with Gasteiger partial charge in [0.1, 0.15) is 6.04 Å². The number of imide groups is 1. The number of piperidine rings is 1. The fourth-order valence-corrected chi connectivity index (χ4v) is 2.95. The Balaban J connectivity index is 2.01. The summed E-state index contributed by atoms with van der Waals surface area (Å²) in [7, 11) is 0. The van der Waals surface area contributed by atoms with E-state index in [0.717, 1.165) is 0 Å². The molecule has 1 aliphatic heterocycles. The van der Waals surface area contributed by atoms with Crippen molar-refractivity contribution in [1.29, 1.82) is 0 Å². The van der Waals surface area contributed by atoms with Gasteiger partial charge < -0.3 is 5.32 Å². The predicted molar refractivity (Wildman–Crippen MR) is 65.8 cm³/mol. The second kappa shape index (κ2) is 6.03. The molecule has 1 saturated heterocycles. The number of carbonyl (C=O) groups is 3. The number of nitrogens with one attached hydrogen (secondary N) is 2. The molecular weight excluding hydrogens is 289 g/mol. The Bertz CT molecular complexity index is 450. The van der Waals surface area contributed by atoms with Gasteiger partial charge in [0.15, 0.2) is 0 Å². The Kier molecular flexibility index (Phi) is 4.53. The molecule has 0 aromatic rings. The standard InChI is InChI=1S/C13H17F3N2O3/c14-13(15,16)8-4-2-1-3-7(8)11(20)17-9-5-6-10(19)18-12(9)21/h7-9H,1-6H2,(H,17,20)(H,18,19,21). The van der Waals surface area contributed by atoms with E-state index in [-0.39, 0.29) is 25.7 Å². The summed E-state index contributed by atoms with van der Waals surface area (Å²) in [6.07, 6.45) is -3.08. The van der Waals surface area contributed by atoms with Crippen LogP contribution in [-0.4, -0.2) is 29.9 Å². The minimum absolute atomic E-state index is 0.0586. The Morgan fingerprint density at radius 3 is 2.43 bits per heavy atom. The van der Waals surface area contributed by atoms with Gasteiger partial charge in [-0.2, -0.15) is 13.2 Å². The molecule has 3 unspecified atom stereocenters. The summed E-state index contributed by atoms with van der Waals surface area (Å²) in [6.45, 7) is 0. The highest BCUT2D eigenvalue weighted by Crippen LogP contribution is 2.41. The lowest BCUT2D eigenvalue weighted by Crippen LogP contribution is -2.54. The third kappa shape index (κ3) is 3.74. The van der Waals surface area contributed by atoms with Gasteiger partial charge in [0.25, 0.3) is 0 Å². The van der Waals surface area contributed by atoms with Crippen molar-refractivity contribution in [3.63, 3.8) is 0 Å². The normalized spacial score (nSPS) is 30.7. The van der Waals surface area contributed by atoms with Crippen molar-refractivity contribution in [2.75, 3.05) is 0 Å². The minimum atomic E-state index is -4.41. The van der Waals surface area contributed by atoms with Gasteiger partial charge in [-0.1, -0.05) is 12.8 Å². The Hall–Kier alpha value is -1.60. The second-order valence-electron chi connectivity index (χ2n) is 5.55. The maximum Gasteiger partial charge on any atom is 0.392 e. The monoisotopic (exact) mass is 306 g/mol. The van der Waals surface area contributed by atoms with Crippen molar-refractivity contribution >= 4 is 17.7 Å². The summed E-state index contributed by atoms with van der Waals surface area (Å²) in [5, 5.41) is 4.42. The molecule has 0 radical (unpaired) electrons. The number of rotatable bonds is 2. The van der Waals surface area contributed by atoms with Crippen LogP contribution in [0.1, 0.15) is 38.5 Å². The first kappa shape index (κ1) is 15.8. The van der Waals surface area contributed by atoms with Crippen LogP contribution < -0.4 is 10.6 Å². The van der Waals surface area contributed by atoms with Crippen LogP contribution in [0.25, 0.3) is 0 Å². The first-order valence-electron chi connectivity index (χ1n) is 7.00. The van der Waals surface area contributed by atoms with Crippen molar-refractivity contribution in [1.82, 2.24) is 10.6 Å². The maximum atomic E-state index is 13.0. The molecular formula is C13H17F3N2O3. The predicted octanol–water partition coefficient (Wildman–Crippen LogP) is 1.28. The molecule has 2 rings (SSSR count). The Morgan fingerprint density at radius 2 is 1.81 bits per heavy atom. The van der Waals surface area contributed by atoms with E-state index in [0.29, 0.717) is 12.8 Å². The topological polar surface area (TPSA) is 75.3 Å². The van der Waals surface area contributed by atoms with Crippen molar-refractivity contribution in [2.45, 2.75) is 50.7 Å². The molecule has 21 heavy (non-hydrogen) atoms. The van der Waals surface area contributed by atoms with Gasteiger partial charge >= 0.3 is 6.18 Å². The highest BCUT2D eigenvalue weighted by molar-refractivity contribution is 6.01. The summed E-state index contributed by atoms with van der Waals surface area (Å²) >= 11 is 0. The van der Waals surface area contributed by atoms with E-state index < -0.39 is 41.8 Å². The number of hydrogen-bond acceptors (Lipinski definition) is 3. The quantitative estimate of drug-likeness (QED) is 0.755. The lowest BCUT2D eigenvalue weighted by Gasteiger charge is -2.33. The van der Waals surface area contributed by atoms with Crippen molar-refractivity contribution < 1.29 is 27.6 Å². The van der Waals surface area contributed by atoms with E-state index in [2.05, 4.69) is 10.6 Å². The van der Waals surface area contributed by atoms with Crippen LogP contribution in [0.15, 0.2) is 0 Å². The van der Waals surface area contributed by atoms with E-state index in [1.165, 1.54) is 0 Å². The number of halogens is 3. The molecule has 1 heterocycles. The molecule has 2 N–H and O–H groups in total. The molecule has 5 nitrogen and oxygen atoms in total. The average molecular weight is 306 g/mol. The van der Waals surface area contributed by atoms with Crippen LogP contribution in [-0.2, 0) is 14.4 Å². The zero-order chi connectivity index (χ0) is 15.6. The number of amides is 3. The van der Waals surface area contributed by atoms with Crippen molar-refractivity contribution in [2.24, 2.45) is 11.8 Å². The summed E-state index contributed by atoms with van der Waals surface area (Å²) < 4.78 is 38.9.